The highest BCUT2D eigenvalue weighted by Gasteiger charge is 2.44. The number of nitrogens with zero attached hydrogens (tertiary/aromatic N) is 1. The number of aromatic hydroxyl groups is 2. The Bertz CT molecular complexity index is 1320. The Morgan fingerprint density at radius 3 is 2.47 bits per heavy atom. The molecule has 5 atom stereocenters. The first kappa shape index (κ1) is 20.7. The summed E-state index contributed by atoms with van der Waals surface area (Å²) in [4.78, 5) is 0. The van der Waals surface area contributed by atoms with Crippen LogP contribution in [0.25, 0.3) is 27.1 Å². The number of phenols is 1. The summed E-state index contributed by atoms with van der Waals surface area (Å²) in [6.45, 7) is -0.553. The van der Waals surface area contributed by atoms with E-state index in [-0.39, 0.29) is 11.5 Å². The highest BCUT2D eigenvalue weighted by atomic mass is 16.7. The lowest BCUT2D eigenvalue weighted by atomic mass is 9.99. The van der Waals surface area contributed by atoms with Crippen LogP contribution < -0.4 is 9.14 Å². The number of rotatable bonds is 3. The van der Waals surface area contributed by atoms with Gasteiger partial charge in [-0.15, -0.1) is 0 Å². The number of aliphatic hydroxyl groups is 4. The van der Waals surface area contributed by atoms with Crippen molar-refractivity contribution in [3.8, 4) is 17.2 Å². The second-order valence-electron chi connectivity index (χ2n) is 7.89. The van der Waals surface area contributed by atoms with E-state index in [4.69, 9.17) is 9.47 Å². The van der Waals surface area contributed by atoms with E-state index in [0.29, 0.717) is 27.4 Å². The molecular formula is C23H22NO8+. The maximum Gasteiger partial charge on any atom is 0.261 e. The number of aliphatic hydroxyl groups excluding tert-OH is 4. The van der Waals surface area contributed by atoms with Gasteiger partial charge in [-0.1, -0.05) is 6.07 Å². The number of ether oxygens (including phenoxy) is 2. The van der Waals surface area contributed by atoms with E-state index in [1.165, 1.54) is 0 Å². The second kappa shape index (κ2) is 7.73. The molecule has 2 aromatic carbocycles. The minimum absolute atomic E-state index is 0.0260. The summed E-state index contributed by atoms with van der Waals surface area (Å²) >= 11 is 0. The van der Waals surface area contributed by atoms with Gasteiger partial charge in [0.25, 0.3) is 5.52 Å². The predicted octanol–water partition coefficient (Wildman–Crippen LogP) is 0.322. The summed E-state index contributed by atoms with van der Waals surface area (Å²) in [7, 11) is 0. The molecule has 3 heterocycles. The Hall–Kier alpha value is -3.21. The quantitative estimate of drug-likeness (QED) is 0.152. The standard InChI is InChI=1S/C23H21NO8/c25-10-17-20(28)21(29)22(30)23(32-17)31-14-3-4-15-12(7-14)9-24-6-5-11-1-2-13(26)8-16(11)18(24)19(15)27/h1-9,17,20-23,25,28-30H,10H2,(H-,26,27)/p+1/t17-,20-,21+,22-,23-/m1/s1. The van der Waals surface area contributed by atoms with E-state index in [0.717, 1.165) is 5.39 Å². The van der Waals surface area contributed by atoms with Gasteiger partial charge >= 0.3 is 0 Å². The summed E-state index contributed by atoms with van der Waals surface area (Å²) in [6.07, 6.45) is -3.35. The van der Waals surface area contributed by atoms with Gasteiger partial charge in [-0.3, -0.25) is 0 Å². The van der Waals surface area contributed by atoms with Crippen molar-refractivity contribution in [1.29, 1.82) is 0 Å². The highest BCUT2D eigenvalue weighted by molar-refractivity contribution is 6.03. The summed E-state index contributed by atoms with van der Waals surface area (Å²) in [5, 5.41) is 63.0. The van der Waals surface area contributed by atoms with Crippen LogP contribution in [-0.4, -0.2) is 68.0 Å². The molecule has 0 saturated carbocycles. The molecule has 0 aliphatic carbocycles. The van der Waals surface area contributed by atoms with E-state index in [9.17, 15) is 30.6 Å². The Morgan fingerprint density at radius 2 is 1.69 bits per heavy atom. The van der Waals surface area contributed by atoms with Gasteiger partial charge in [-0.05, 0) is 35.7 Å². The zero-order valence-corrected chi connectivity index (χ0v) is 16.7. The Kier molecular flexibility index (Phi) is 5.00. The summed E-state index contributed by atoms with van der Waals surface area (Å²) < 4.78 is 12.8. The van der Waals surface area contributed by atoms with Gasteiger partial charge in [0.1, 0.15) is 35.9 Å². The predicted molar refractivity (Wildman–Crippen MR) is 112 cm³/mol. The van der Waals surface area contributed by atoms with Crippen LogP contribution in [0.15, 0.2) is 54.9 Å². The van der Waals surface area contributed by atoms with Gasteiger partial charge in [-0.25, -0.2) is 0 Å². The third-order valence-corrected chi connectivity index (χ3v) is 5.85. The van der Waals surface area contributed by atoms with Crippen LogP contribution in [-0.2, 0) is 4.74 Å². The van der Waals surface area contributed by atoms with E-state index < -0.39 is 37.3 Å². The molecule has 5 rings (SSSR count). The normalized spacial score (nSPS) is 26.1. The SMILES string of the molecule is OC[C@H]1O[C@@H](Oc2ccc3c(O)c4c5cc(O)ccc5cc[n+]4cc3c2)[C@H](O)[C@@H](O)[C@@H]1O. The first-order valence-electron chi connectivity index (χ1n) is 10.1. The molecule has 1 aliphatic rings. The van der Waals surface area contributed by atoms with Crippen molar-refractivity contribution in [2.75, 3.05) is 6.61 Å². The fourth-order valence-corrected chi connectivity index (χ4v) is 4.14. The van der Waals surface area contributed by atoms with Crippen LogP contribution >= 0.6 is 0 Å². The number of hydrogen-bond acceptors (Lipinski definition) is 8. The van der Waals surface area contributed by atoms with Crippen molar-refractivity contribution in [3.05, 3.63) is 54.9 Å². The molecular weight excluding hydrogens is 418 g/mol. The van der Waals surface area contributed by atoms with E-state index in [1.54, 1.807) is 53.2 Å². The molecule has 0 unspecified atom stereocenters. The Balaban J connectivity index is 1.56. The van der Waals surface area contributed by atoms with Gasteiger partial charge in [-0.2, -0.15) is 4.40 Å². The zero-order chi connectivity index (χ0) is 22.6. The van der Waals surface area contributed by atoms with Gasteiger partial charge < -0.3 is 40.1 Å². The van der Waals surface area contributed by atoms with Crippen LogP contribution in [0.5, 0.6) is 17.2 Å². The maximum absolute atomic E-state index is 11.0. The van der Waals surface area contributed by atoms with Crippen molar-refractivity contribution >= 4 is 27.1 Å². The lowest BCUT2D eigenvalue weighted by Gasteiger charge is -2.39. The number of benzene rings is 2. The summed E-state index contributed by atoms with van der Waals surface area (Å²) in [5.74, 6) is 0.408. The van der Waals surface area contributed by atoms with Crippen molar-refractivity contribution < 1.29 is 44.5 Å². The van der Waals surface area contributed by atoms with E-state index in [1.807, 2.05) is 6.07 Å². The third kappa shape index (κ3) is 3.27. The smallest absolute Gasteiger partial charge is 0.261 e. The molecule has 0 spiro atoms. The Labute approximate surface area is 181 Å². The summed E-state index contributed by atoms with van der Waals surface area (Å²) in [6, 6.07) is 11.7. The topological polar surface area (TPSA) is 144 Å². The average molecular weight is 440 g/mol. The molecule has 1 aliphatic heterocycles. The highest BCUT2D eigenvalue weighted by Crippen LogP contribution is 2.34. The number of fused-ring (bicyclic) bond motifs is 4. The minimum Gasteiger partial charge on any atom is -0.508 e. The van der Waals surface area contributed by atoms with Crippen LogP contribution in [0.4, 0.5) is 0 Å². The van der Waals surface area contributed by atoms with Gasteiger partial charge in [0, 0.05) is 11.5 Å². The molecule has 9 heteroatoms. The van der Waals surface area contributed by atoms with Crippen molar-refractivity contribution in [2.45, 2.75) is 30.7 Å². The van der Waals surface area contributed by atoms with Crippen LogP contribution in [0.3, 0.4) is 0 Å². The van der Waals surface area contributed by atoms with Gasteiger partial charge in [0.15, 0.2) is 18.1 Å². The summed E-state index contributed by atoms with van der Waals surface area (Å²) in [5.41, 5.74) is 0.536. The molecule has 32 heavy (non-hydrogen) atoms. The fourth-order valence-electron chi connectivity index (χ4n) is 4.14. The first-order valence-corrected chi connectivity index (χ1v) is 10.1. The van der Waals surface area contributed by atoms with E-state index >= 15 is 0 Å². The maximum atomic E-state index is 11.0. The lowest BCUT2D eigenvalue weighted by molar-refractivity contribution is -0.509. The molecule has 6 N–H and O–H groups in total. The molecule has 166 valence electrons. The minimum atomic E-state index is -1.54. The van der Waals surface area contributed by atoms with Crippen LogP contribution in [0.2, 0.25) is 0 Å². The van der Waals surface area contributed by atoms with Gasteiger partial charge in [0.05, 0.1) is 17.4 Å². The molecule has 4 aromatic rings. The molecule has 1 saturated heterocycles. The molecule has 1 fully saturated rings. The monoisotopic (exact) mass is 440 g/mol. The number of phenolic OH excluding ortho intramolecular Hbond substituents is 1. The number of aromatic nitrogens is 1. The Morgan fingerprint density at radius 1 is 0.875 bits per heavy atom. The molecule has 0 amide bonds. The van der Waals surface area contributed by atoms with Crippen LogP contribution in [0, 0.1) is 0 Å². The largest absolute Gasteiger partial charge is 0.508 e. The van der Waals surface area contributed by atoms with E-state index in [2.05, 4.69) is 0 Å². The molecule has 2 aromatic heterocycles. The van der Waals surface area contributed by atoms with Crippen molar-refractivity contribution in [2.24, 2.45) is 0 Å². The van der Waals surface area contributed by atoms with Crippen LogP contribution in [0.1, 0.15) is 0 Å². The lowest BCUT2D eigenvalue weighted by Crippen LogP contribution is -2.60. The third-order valence-electron chi connectivity index (χ3n) is 5.85. The van der Waals surface area contributed by atoms with Gasteiger partial charge in [0.2, 0.25) is 6.29 Å². The zero-order valence-electron chi connectivity index (χ0n) is 16.7. The molecule has 0 bridgehead atoms. The fraction of sp³-hybridized carbons (Fsp3) is 0.261. The average Bonchev–Trinajstić information content (AvgIpc) is 2.79. The second-order valence-corrected chi connectivity index (χ2v) is 7.89. The number of hydrogen-bond donors (Lipinski definition) is 6. The first-order chi connectivity index (χ1) is 15.4. The molecule has 0 radical (unpaired) electrons. The number of pyridine rings is 2. The van der Waals surface area contributed by atoms with Crippen molar-refractivity contribution in [1.82, 2.24) is 0 Å². The van der Waals surface area contributed by atoms with Crippen molar-refractivity contribution in [3.63, 3.8) is 0 Å². The molecule has 9 nitrogen and oxygen atoms in total.